The van der Waals surface area contributed by atoms with E-state index in [-0.39, 0.29) is 12.3 Å². The maximum atomic E-state index is 12.4. The van der Waals surface area contributed by atoms with Crippen molar-refractivity contribution >= 4 is 38.9 Å². The van der Waals surface area contributed by atoms with E-state index >= 15 is 0 Å². The fraction of sp³-hybridized carbons (Fsp3) is 0.0500. The fourth-order valence-electron chi connectivity index (χ4n) is 3.01. The van der Waals surface area contributed by atoms with Crippen molar-refractivity contribution in [1.82, 2.24) is 14.5 Å². The van der Waals surface area contributed by atoms with Gasteiger partial charge in [-0.3, -0.25) is 9.20 Å². The van der Waals surface area contributed by atoms with Gasteiger partial charge in [0.05, 0.1) is 12.1 Å². The zero-order valence-corrected chi connectivity index (χ0v) is 14.9. The van der Waals surface area contributed by atoms with Gasteiger partial charge >= 0.3 is 0 Å². The smallest absolute Gasteiger partial charge is 0.230 e. The van der Waals surface area contributed by atoms with E-state index in [4.69, 9.17) is 4.52 Å². The van der Waals surface area contributed by atoms with Gasteiger partial charge in [-0.25, -0.2) is 4.98 Å². The summed E-state index contributed by atoms with van der Waals surface area (Å²) in [6.07, 6.45) is 4.14. The Labute approximate surface area is 158 Å². The second-order valence-electron chi connectivity index (χ2n) is 6.15. The van der Waals surface area contributed by atoms with Gasteiger partial charge < -0.3 is 9.84 Å². The van der Waals surface area contributed by atoms with Crippen LogP contribution in [0.5, 0.6) is 0 Å². The van der Waals surface area contributed by atoms with E-state index < -0.39 is 0 Å². The Kier molecular flexibility index (Phi) is 3.72. The first-order valence-corrected chi connectivity index (χ1v) is 9.30. The number of carbonyl (C=O) groups excluding carboxylic acids is 1. The van der Waals surface area contributed by atoms with Crippen LogP contribution in [0.3, 0.4) is 0 Å². The number of nitrogens with one attached hydrogen (secondary N) is 1. The molecule has 5 aromatic rings. The molecule has 27 heavy (non-hydrogen) atoms. The summed E-state index contributed by atoms with van der Waals surface area (Å²) in [5.41, 5.74) is 3.97. The first-order chi connectivity index (χ1) is 13.3. The summed E-state index contributed by atoms with van der Waals surface area (Å²) in [7, 11) is 0. The predicted molar refractivity (Wildman–Crippen MR) is 105 cm³/mol. The first-order valence-electron chi connectivity index (χ1n) is 8.42. The van der Waals surface area contributed by atoms with Crippen molar-refractivity contribution in [2.45, 2.75) is 6.42 Å². The van der Waals surface area contributed by atoms with E-state index in [1.54, 1.807) is 11.3 Å². The van der Waals surface area contributed by atoms with Crippen LogP contribution in [0.25, 0.3) is 27.2 Å². The van der Waals surface area contributed by atoms with Gasteiger partial charge in [-0.1, -0.05) is 29.4 Å². The van der Waals surface area contributed by atoms with E-state index in [1.807, 2.05) is 70.7 Å². The van der Waals surface area contributed by atoms with Crippen LogP contribution in [0.1, 0.15) is 5.69 Å². The molecule has 0 fully saturated rings. The van der Waals surface area contributed by atoms with Gasteiger partial charge in [-0.15, -0.1) is 11.3 Å². The van der Waals surface area contributed by atoms with E-state index in [9.17, 15) is 4.79 Å². The summed E-state index contributed by atoms with van der Waals surface area (Å²) in [4.78, 5) is 17.9. The predicted octanol–water partition coefficient (Wildman–Crippen LogP) is 4.39. The van der Waals surface area contributed by atoms with Crippen LogP contribution >= 0.6 is 11.3 Å². The Hall–Kier alpha value is -3.45. The summed E-state index contributed by atoms with van der Waals surface area (Å²) in [5, 5.41) is 9.77. The average Bonchev–Trinajstić information content (AvgIpc) is 3.38. The van der Waals surface area contributed by atoms with Crippen molar-refractivity contribution in [2.24, 2.45) is 0 Å². The topological polar surface area (TPSA) is 72.4 Å². The first kappa shape index (κ1) is 15.8. The number of para-hydroxylation sites is 1. The molecule has 132 valence electrons. The lowest BCUT2D eigenvalue weighted by Gasteiger charge is -2.05. The molecule has 0 unspecified atom stereocenters. The van der Waals surface area contributed by atoms with Gasteiger partial charge in [-0.05, 0) is 24.3 Å². The van der Waals surface area contributed by atoms with Gasteiger partial charge in [0.1, 0.15) is 5.69 Å². The number of hydrogen-bond acceptors (Lipinski definition) is 5. The lowest BCUT2D eigenvalue weighted by molar-refractivity contribution is -0.115. The second kappa shape index (κ2) is 6.37. The van der Waals surface area contributed by atoms with Crippen LogP contribution in [0.4, 0.5) is 5.69 Å². The van der Waals surface area contributed by atoms with Crippen LogP contribution in [-0.4, -0.2) is 20.4 Å². The molecule has 0 radical (unpaired) electrons. The molecule has 6 nitrogen and oxygen atoms in total. The van der Waals surface area contributed by atoms with Crippen LogP contribution in [-0.2, 0) is 11.2 Å². The van der Waals surface area contributed by atoms with Crippen molar-refractivity contribution in [1.29, 1.82) is 0 Å². The maximum Gasteiger partial charge on any atom is 0.230 e. The molecular weight excluding hydrogens is 360 g/mol. The third kappa shape index (κ3) is 2.98. The number of fused-ring (bicyclic) bond motifs is 2. The number of carbonyl (C=O) groups is 1. The zero-order chi connectivity index (χ0) is 18.2. The summed E-state index contributed by atoms with van der Waals surface area (Å²) in [6, 6.07) is 15.2. The molecule has 1 amide bonds. The van der Waals surface area contributed by atoms with Crippen molar-refractivity contribution in [3.05, 3.63) is 72.0 Å². The van der Waals surface area contributed by atoms with Gasteiger partial charge in [0, 0.05) is 34.4 Å². The minimum absolute atomic E-state index is 0.135. The normalized spacial score (nSPS) is 11.3. The van der Waals surface area contributed by atoms with Crippen molar-refractivity contribution in [2.75, 3.05) is 5.32 Å². The molecule has 2 aromatic carbocycles. The number of aromatic nitrogens is 3. The highest BCUT2D eigenvalue weighted by molar-refractivity contribution is 7.15. The van der Waals surface area contributed by atoms with Crippen molar-refractivity contribution in [3.63, 3.8) is 0 Å². The third-order valence-electron chi connectivity index (χ3n) is 4.34. The van der Waals surface area contributed by atoms with Crippen molar-refractivity contribution in [3.8, 4) is 11.3 Å². The summed E-state index contributed by atoms with van der Waals surface area (Å²) in [5.74, 6) is -0.135. The Morgan fingerprint density at radius 3 is 2.85 bits per heavy atom. The summed E-state index contributed by atoms with van der Waals surface area (Å²) >= 11 is 1.60. The molecule has 1 N–H and O–H groups in total. The van der Waals surface area contributed by atoms with Gasteiger partial charge in [0.2, 0.25) is 5.91 Å². The maximum absolute atomic E-state index is 12.4. The molecule has 7 heteroatoms. The number of nitrogens with zero attached hydrogens (tertiary/aromatic N) is 3. The number of imidazole rings is 1. The molecule has 0 aliphatic heterocycles. The number of benzene rings is 2. The Morgan fingerprint density at radius 1 is 1.15 bits per heavy atom. The number of thiazole rings is 1. The third-order valence-corrected chi connectivity index (χ3v) is 5.11. The van der Waals surface area contributed by atoms with E-state index in [0.29, 0.717) is 11.3 Å². The average molecular weight is 374 g/mol. The van der Waals surface area contributed by atoms with E-state index in [0.717, 1.165) is 27.3 Å². The van der Waals surface area contributed by atoms with Crippen LogP contribution in [0.15, 0.2) is 70.8 Å². The number of anilines is 1. The molecule has 0 aliphatic rings. The molecule has 0 saturated carbocycles. The van der Waals surface area contributed by atoms with Gasteiger partial charge in [0.15, 0.2) is 10.5 Å². The number of amides is 1. The van der Waals surface area contributed by atoms with Gasteiger partial charge in [0.25, 0.3) is 0 Å². The largest absolute Gasteiger partial charge is 0.356 e. The minimum atomic E-state index is -0.135. The minimum Gasteiger partial charge on any atom is -0.356 e. The van der Waals surface area contributed by atoms with Crippen LogP contribution < -0.4 is 5.32 Å². The molecule has 3 heterocycles. The molecule has 0 spiro atoms. The highest BCUT2D eigenvalue weighted by Crippen LogP contribution is 2.23. The molecule has 0 aliphatic carbocycles. The Morgan fingerprint density at radius 2 is 2.00 bits per heavy atom. The number of rotatable bonds is 4. The zero-order valence-electron chi connectivity index (χ0n) is 14.1. The molecule has 0 bridgehead atoms. The lowest BCUT2D eigenvalue weighted by atomic mass is 10.1. The van der Waals surface area contributed by atoms with E-state index in [2.05, 4.69) is 15.5 Å². The SMILES string of the molecule is O=C(Cc1noc2ccccc12)Nc1ccc(-c2cn3ccsc3n2)cc1. The highest BCUT2D eigenvalue weighted by atomic mass is 32.1. The fourth-order valence-corrected chi connectivity index (χ4v) is 3.71. The Balaban J connectivity index is 1.30. The molecule has 0 saturated heterocycles. The summed E-state index contributed by atoms with van der Waals surface area (Å²) in [6.45, 7) is 0. The van der Waals surface area contributed by atoms with Gasteiger partial charge in [-0.2, -0.15) is 0 Å². The van der Waals surface area contributed by atoms with E-state index in [1.165, 1.54) is 0 Å². The second-order valence-corrected chi connectivity index (χ2v) is 7.02. The highest BCUT2D eigenvalue weighted by Gasteiger charge is 2.12. The molecule has 3 aromatic heterocycles. The van der Waals surface area contributed by atoms with Crippen LogP contribution in [0.2, 0.25) is 0 Å². The molecular formula is C20H14N4O2S. The molecule has 5 rings (SSSR count). The monoisotopic (exact) mass is 374 g/mol. The standard InChI is InChI=1S/C20H14N4O2S/c25-19(11-16-15-3-1-2-4-18(15)26-23-16)21-14-7-5-13(6-8-14)17-12-24-9-10-27-20(24)22-17/h1-10,12H,11H2,(H,21,25). The lowest BCUT2D eigenvalue weighted by Crippen LogP contribution is -2.14. The molecule has 0 atom stereocenters. The van der Waals surface area contributed by atoms with Crippen LogP contribution in [0, 0.1) is 0 Å². The quantitative estimate of drug-likeness (QED) is 0.506. The summed E-state index contributed by atoms with van der Waals surface area (Å²) < 4.78 is 7.24. The number of hydrogen-bond donors (Lipinski definition) is 1. The van der Waals surface area contributed by atoms with Crippen molar-refractivity contribution < 1.29 is 9.32 Å². The Bertz CT molecular complexity index is 1220.